The minimum Gasteiger partial charge on any atom is -0.497 e. The summed E-state index contributed by atoms with van der Waals surface area (Å²) in [6.45, 7) is 0.504. The Balaban J connectivity index is 1.75. The van der Waals surface area contributed by atoms with Gasteiger partial charge in [-0.2, -0.15) is 0 Å². The van der Waals surface area contributed by atoms with Crippen LogP contribution in [-0.2, 0) is 6.42 Å². The lowest BCUT2D eigenvalue weighted by Crippen LogP contribution is -2.43. The molecule has 1 heterocycles. The van der Waals surface area contributed by atoms with Crippen LogP contribution in [0.5, 0.6) is 23.0 Å². The molecule has 0 spiro atoms. The van der Waals surface area contributed by atoms with Crippen molar-refractivity contribution < 1.29 is 23.7 Å². The zero-order valence-corrected chi connectivity index (χ0v) is 20.3. The van der Waals surface area contributed by atoms with Crippen LogP contribution in [0.25, 0.3) is 0 Å². The smallest absolute Gasteiger partial charge is 0.322 e. The Bertz CT molecular complexity index is 1200. The fourth-order valence-electron chi connectivity index (χ4n) is 4.29. The monoisotopic (exact) mass is 482 g/mol. The molecule has 0 saturated heterocycles. The molecule has 1 aliphatic heterocycles. The van der Waals surface area contributed by atoms with E-state index in [-0.39, 0.29) is 12.1 Å². The Hall–Kier alpha value is -3.58. The molecule has 1 unspecified atom stereocenters. The van der Waals surface area contributed by atoms with Gasteiger partial charge in [0.1, 0.15) is 11.5 Å². The molecular formula is C26H27ClN2O5. The highest BCUT2D eigenvalue weighted by atomic mass is 35.5. The molecule has 0 fully saturated rings. The summed E-state index contributed by atoms with van der Waals surface area (Å²) in [5, 5.41) is 3.60. The van der Waals surface area contributed by atoms with Gasteiger partial charge in [-0.25, -0.2) is 4.79 Å². The lowest BCUT2D eigenvalue weighted by atomic mass is 9.88. The number of fused-ring (bicyclic) bond motifs is 1. The normalized spacial score (nSPS) is 14.7. The third-order valence-corrected chi connectivity index (χ3v) is 6.18. The van der Waals surface area contributed by atoms with Gasteiger partial charge in [-0.1, -0.05) is 23.7 Å². The van der Waals surface area contributed by atoms with E-state index < -0.39 is 0 Å². The average Bonchev–Trinajstić information content (AvgIpc) is 2.87. The zero-order valence-electron chi connectivity index (χ0n) is 19.6. The predicted octanol–water partition coefficient (Wildman–Crippen LogP) is 5.55. The second-order valence-corrected chi connectivity index (χ2v) is 8.24. The van der Waals surface area contributed by atoms with Gasteiger partial charge >= 0.3 is 6.03 Å². The van der Waals surface area contributed by atoms with E-state index in [1.54, 1.807) is 51.5 Å². The maximum absolute atomic E-state index is 13.6. The minimum atomic E-state index is -0.369. The summed E-state index contributed by atoms with van der Waals surface area (Å²) < 4.78 is 21.8. The van der Waals surface area contributed by atoms with Crippen LogP contribution in [0.4, 0.5) is 10.5 Å². The van der Waals surface area contributed by atoms with E-state index in [9.17, 15) is 4.79 Å². The van der Waals surface area contributed by atoms with Crippen molar-refractivity contribution in [2.75, 3.05) is 40.3 Å². The van der Waals surface area contributed by atoms with Gasteiger partial charge in [-0.05, 0) is 59.5 Å². The van der Waals surface area contributed by atoms with E-state index in [1.807, 2.05) is 36.4 Å². The van der Waals surface area contributed by atoms with E-state index in [0.717, 1.165) is 16.7 Å². The topological polar surface area (TPSA) is 69.3 Å². The van der Waals surface area contributed by atoms with E-state index in [4.69, 9.17) is 30.5 Å². The Morgan fingerprint density at radius 1 is 0.912 bits per heavy atom. The second kappa shape index (κ2) is 10.1. The highest BCUT2D eigenvalue weighted by Crippen LogP contribution is 2.42. The molecule has 4 rings (SSSR count). The first-order chi connectivity index (χ1) is 16.5. The molecule has 7 nitrogen and oxygen atoms in total. The zero-order chi connectivity index (χ0) is 24.2. The number of carbonyl (C=O) groups excluding carboxylic acids is 1. The number of hydrogen-bond acceptors (Lipinski definition) is 5. The summed E-state index contributed by atoms with van der Waals surface area (Å²) in [5.41, 5.74) is 3.51. The lowest BCUT2D eigenvalue weighted by Gasteiger charge is -2.38. The average molecular weight is 483 g/mol. The molecule has 0 aromatic heterocycles. The number of amides is 2. The SMILES string of the molecule is COc1ccc(NC(=O)N2CCc3cc(OC)c(OC)cc3C2c2cccc(Cl)c2)c(OC)c1. The van der Waals surface area contributed by atoms with Gasteiger partial charge < -0.3 is 29.2 Å². The van der Waals surface area contributed by atoms with Crippen LogP contribution < -0.4 is 24.3 Å². The molecular weight excluding hydrogens is 456 g/mol. The van der Waals surface area contributed by atoms with Crippen molar-refractivity contribution >= 4 is 23.3 Å². The van der Waals surface area contributed by atoms with Crippen molar-refractivity contribution in [1.82, 2.24) is 4.90 Å². The van der Waals surface area contributed by atoms with Gasteiger partial charge in [0.2, 0.25) is 0 Å². The standard InChI is InChI=1S/C26H27ClN2O5/c1-31-19-8-9-21(22(14-19)32-2)28-26(30)29-11-10-16-13-23(33-3)24(34-4)15-20(16)25(29)17-6-5-7-18(27)12-17/h5-9,12-15,25H,10-11H2,1-4H3,(H,28,30). The first kappa shape index (κ1) is 23.6. The summed E-state index contributed by atoms with van der Waals surface area (Å²) in [5.74, 6) is 2.41. The number of ether oxygens (including phenoxy) is 4. The van der Waals surface area contributed by atoms with Crippen LogP contribution in [0.1, 0.15) is 22.7 Å². The number of carbonyl (C=O) groups is 1. The molecule has 1 N–H and O–H groups in total. The molecule has 1 atom stereocenters. The molecule has 178 valence electrons. The summed E-state index contributed by atoms with van der Waals surface area (Å²) in [6, 6.07) is 16.1. The highest BCUT2D eigenvalue weighted by molar-refractivity contribution is 6.30. The second-order valence-electron chi connectivity index (χ2n) is 7.80. The maximum Gasteiger partial charge on any atom is 0.322 e. The van der Waals surface area contributed by atoms with Crippen LogP contribution in [0, 0.1) is 0 Å². The molecule has 0 bridgehead atoms. The van der Waals surface area contributed by atoms with Crippen molar-refractivity contribution in [2.24, 2.45) is 0 Å². The number of benzene rings is 3. The van der Waals surface area contributed by atoms with Crippen LogP contribution >= 0.6 is 11.6 Å². The Kier molecular flexibility index (Phi) is 7.03. The fraction of sp³-hybridized carbons (Fsp3) is 0.269. The van der Waals surface area contributed by atoms with Crippen molar-refractivity contribution in [3.8, 4) is 23.0 Å². The number of hydrogen-bond donors (Lipinski definition) is 1. The quantitative estimate of drug-likeness (QED) is 0.498. The first-order valence-electron chi connectivity index (χ1n) is 10.8. The van der Waals surface area contributed by atoms with Gasteiger partial charge in [0.05, 0.1) is 40.2 Å². The fourth-order valence-corrected chi connectivity index (χ4v) is 4.49. The number of methoxy groups -OCH3 is 4. The molecule has 1 aliphatic rings. The van der Waals surface area contributed by atoms with Crippen LogP contribution in [-0.4, -0.2) is 45.9 Å². The minimum absolute atomic E-state index is 0.256. The highest BCUT2D eigenvalue weighted by Gasteiger charge is 2.34. The molecule has 0 saturated carbocycles. The van der Waals surface area contributed by atoms with Gasteiger partial charge in [0, 0.05) is 17.6 Å². The lowest BCUT2D eigenvalue weighted by molar-refractivity contribution is 0.193. The molecule has 3 aromatic rings. The Labute approximate surface area is 204 Å². The Morgan fingerprint density at radius 3 is 2.32 bits per heavy atom. The van der Waals surface area contributed by atoms with Crippen LogP contribution in [0.15, 0.2) is 54.6 Å². The maximum atomic E-state index is 13.6. The summed E-state index contributed by atoms with van der Waals surface area (Å²) in [4.78, 5) is 15.4. The van der Waals surface area contributed by atoms with Crippen LogP contribution in [0.2, 0.25) is 5.02 Å². The molecule has 8 heteroatoms. The van der Waals surface area contributed by atoms with Gasteiger partial charge in [0.15, 0.2) is 11.5 Å². The van der Waals surface area contributed by atoms with Gasteiger partial charge in [-0.3, -0.25) is 0 Å². The third-order valence-electron chi connectivity index (χ3n) is 5.95. The summed E-state index contributed by atoms with van der Waals surface area (Å²) in [7, 11) is 6.35. The molecule has 2 amide bonds. The van der Waals surface area contributed by atoms with Crippen LogP contribution in [0.3, 0.4) is 0 Å². The van der Waals surface area contributed by atoms with Crippen molar-refractivity contribution in [1.29, 1.82) is 0 Å². The number of halogens is 1. The number of nitrogens with zero attached hydrogens (tertiary/aromatic N) is 1. The van der Waals surface area contributed by atoms with Gasteiger partial charge in [0.25, 0.3) is 0 Å². The number of nitrogens with one attached hydrogen (secondary N) is 1. The van der Waals surface area contributed by atoms with Crippen molar-refractivity contribution in [3.63, 3.8) is 0 Å². The van der Waals surface area contributed by atoms with E-state index in [0.29, 0.717) is 46.7 Å². The van der Waals surface area contributed by atoms with E-state index in [1.165, 1.54) is 0 Å². The summed E-state index contributed by atoms with van der Waals surface area (Å²) >= 11 is 6.33. The van der Waals surface area contributed by atoms with Crippen molar-refractivity contribution in [2.45, 2.75) is 12.5 Å². The van der Waals surface area contributed by atoms with Gasteiger partial charge in [-0.15, -0.1) is 0 Å². The molecule has 34 heavy (non-hydrogen) atoms. The number of urea groups is 1. The summed E-state index contributed by atoms with van der Waals surface area (Å²) in [6.07, 6.45) is 0.667. The third kappa shape index (κ3) is 4.56. The molecule has 3 aromatic carbocycles. The molecule has 0 aliphatic carbocycles. The number of rotatable bonds is 6. The van der Waals surface area contributed by atoms with Crippen molar-refractivity contribution in [3.05, 3.63) is 76.3 Å². The van der Waals surface area contributed by atoms with E-state index in [2.05, 4.69) is 5.32 Å². The number of anilines is 1. The molecule has 0 radical (unpaired) electrons. The van der Waals surface area contributed by atoms with E-state index >= 15 is 0 Å². The Morgan fingerprint density at radius 2 is 1.65 bits per heavy atom. The first-order valence-corrected chi connectivity index (χ1v) is 11.2. The predicted molar refractivity (Wildman–Crippen MR) is 132 cm³/mol. The largest absolute Gasteiger partial charge is 0.497 e.